The molecule has 0 atom stereocenters. The molecule has 8 aromatic heterocycles. The number of aryl methyl sites for hydroxylation is 2. The number of aromatic carboxylic acids is 1. The fourth-order valence-electron chi connectivity index (χ4n) is 7.86. The molecule has 0 radical (unpaired) electrons. The summed E-state index contributed by atoms with van der Waals surface area (Å²) in [4.78, 5) is 18.6. The Morgan fingerprint density at radius 3 is 1.39 bits per heavy atom. The van der Waals surface area contributed by atoms with Gasteiger partial charge in [0.15, 0.2) is 10.4 Å². The van der Waals surface area contributed by atoms with Gasteiger partial charge in [-0.3, -0.25) is 14.6 Å². The first-order chi connectivity index (χ1) is 47.0. The zero-order valence-corrected chi connectivity index (χ0v) is 58.2. The molecule has 0 bridgehead atoms. The molecule has 32 nitrogen and oxygen atoms in total. The Labute approximate surface area is 590 Å². The first-order valence-corrected chi connectivity index (χ1v) is 31.8. The fraction of sp³-hybridized carbons (Fsp3) is 0.158. The zero-order valence-electron chi connectivity index (χ0n) is 51.7. The maximum atomic E-state index is 10.6. The summed E-state index contributed by atoms with van der Waals surface area (Å²) in [5, 5.41) is 67.3. The number of carboxylic acids is 1. The molecule has 11 N–H and O–H groups in total. The topological polar surface area (TPSA) is 402 Å². The minimum atomic E-state index is -0.965. The molecule has 0 aliphatic heterocycles. The second kappa shape index (κ2) is 38.6. The number of nitrogens with two attached hydrogens (primary N) is 1. The zero-order chi connectivity index (χ0) is 69.5. The number of tetrazole rings is 4. The lowest BCUT2D eigenvalue weighted by Gasteiger charge is -2.20. The average Bonchev–Trinajstić information content (AvgIpc) is 1.90. The summed E-state index contributed by atoms with van der Waals surface area (Å²) in [5.74, 6) is -0.0934. The molecule has 502 valence electrons. The largest absolute Gasteiger partial charge is 0.478 e. The van der Waals surface area contributed by atoms with Crippen LogP contribution in [-0.4, -0.2) is 157 Å². The number of carbonyl (C=O) groups is 1. The molecule has 8 heterocycles. The van der Waals surface area contributed by atoms with Crippen molar-refractivity contribution < 1.29 is 23.2 Å². The van der Waals surface area contributed by atoms with Gasteiger partial charge in [-0.1, -0.05) is 140 Å². The Hall–Kier alpha value is -10.7. The summed E-state index contributed by atoms with van der Waals surface area (Å²) in [7, 11) is 0. The van der Waals surface area contributed by atoms with Gasteiger partial charge in [-0.15, -0.1) is 10.2 Å². The van der Waals surface area contributed by atoms with Crippen LogP contribution in [0.25, 0.3) is 28.2 Å². The lowest BCUT2D eigenvalue weighted by atomic mass is 10.2. The molecule has 14 rings (SSSR count). The minimum Gasteiger partial charge on any atom is -0.478 e. The second-order valence-electron chi connectivity index (χ2n) is 18.7. The number of nitrogen functional groups attached to an aromatic ring is 1. The van der Waals surface area contributed by atoms with E-state index in [1.165, 1.54) is 16.8 Å². The molecule has 0 aliphatic carbocycles. The van der Waals surface area contributed by atoms with Crippen LogP contribution in [0.1, 0.15) is 37.0 Å². The minimum absolute atomic E-state index is 0.0741. The number of rotatable bonds is 13. The number of H-pyrrole nitrogens is 8. The molecular weight excluding hydrogens is 1400 g/mol. The monoisotopic (exact) mass is 1460 g/mol. The number of hydrogen-bond donors (Lipinski definition) is 10. The highest BCUT2D eigenvalue weighted by molar-refractivity contribution is 7.72. The predicted molar refractivity (Wildman–Crippen MR) is 381 cm³/mol. The van der Waals surface area contributed by atoms with Gasteiger partial charge >= 0.3 is 18.0 Å². The van der Waals surface area contributed by atoms with E-state index in [4.69, 9.17) is 105 Å². The average molecular weight is 1460 g/mol. The maximum Gasteiger partial charge on any atom is 0.335 e. The van der Waals surface area contributed by atoms with E-state index in [0.29, 0.717) is 35.6 Å². The van der Waals surface area contributed by atoms with E-state index in [2.05, 4.69) is 133 Å². The van der Waals surface area contributed by atoms with Crippen LogP contribution in [-0.2, 0) is 13.1 Å². The van der Waals surface area contributed by atoms with Crippen molar-refractivity contribution in [2.75, 3.05) is 30.3 Å². The summed E-state index contributed by atoms with van der Waals surface area (Å²) in [6, 6.07) is 53.7. The van der Waals surface area contributed by atoms with Crippen molar-refractivity contribution in [2.45, 2.75) is 40.8 Å². The first-order valence-electron chi connectivity index (χ1n) is 28.6. The molecule has 40 heteroatoms. The molecule has 0 saturated carbocycles. The number of benzene rings is 6. The first kappa shape index (κ1) is 73.7. The lowest BCUT2D eigenvalue weighted by Crippen LogP contribution is -2.27. The number of nitrogens with one attached hydrogen (secondary N) is 8. The smallest absolute Gasteiger partial charge is 0.335 e. The van der Waals surface area contributed by atoms with Crippen molar-refractivity contribution in [1.29, 1.82) is 0 Å². The van der Waals surface area contributed by atoms with Gasteiger partial charge in [0, 0.05) is 18.8 Å². The molecule has 0 unspecified atom stereocenters. The summed E-state index contributed by atoms with van der Waals surface area (Å²) in [6.07, 6.45) is 0. The number of oxazole rings is 1. The van der Waals surface area contributed by atoms with E-state index in [1.807, 2.05) is 169 Å². The van der Waals surface area contributed by atoms with Gasteiger partial charge in [0.2, 0.25) is 19.1 Å². The molecule has 14 aromatic rings. The standard InChI is InChI=1S/C14H11N3OS.C9H9N3S.C8H6N4O2S.C7H15N5S.C7H6N4S.C7H5NOS.C3H6N4S.C2H3N3OS/c19-14-16-15-13(18-14)17(11-7-3-1-4-8-11)12-9-5-2-6-10-12;1-7-10-11-9(13)12(7)8-5-3-2-4-6-8;13-7(14)5-1-3-6(4-2-5)12-8(15)9-10-11-12;1-3-11(4-2)5-6-12-7(13)8-9-10-12;12-7-8-9-10-11(7)6-4-2-1-3-5-6;10-7-8-5-3-1-2-4-6(5)9-7;1-2-7-3(8)4-5-6-7;3-1-4-5-2(7)6-1/h1-10H,(H,16,19);2-6H,1H3,(H,11,13);1-4H,(H,13,14)(H,9,11,15);3-6H2,1-2H3,(H,8,10,13);1-5H,(H,8,10,12);1-4H,(H,8,10);2H2,1H3,(H,4,6,8);(H2,3,4)(H,5,7). The number of para-hydroxylation sites is 6. The van der Waals surface area contributed by atoms with Gasteiger partial charge in [-0.2, -0.15) is 26.0 Å². The van der Waals surface area contributed by atoms with Gasteiger partial charge in [0.05, 0.1) is 40.4 Å². The van der Waals surface area contributed by atoms with Gasteiger partial charge < -0.3 is 34.0 Å². The molecule has 97 heavy (non-hydrogen) atoms. The number of fused-ring (bicyclic) bond motifs is 1. The maximum absolute atomic E-state index is 10.6. The van der Waals surface area contributed by atoms with Crippen molar-refractivity contribution in [3.63, 3.8) is 0 Å². The van der Waals surface area contributed by atoms with Crippen molar-refractivity contribution in [2.24, 2.45) is 0 Å². The number of nitrogens with zero attached hydrogens (tertiary/aromatic N) is 18. The Morgan fingerprint density at radius 1 is 0.515 bits per heavy atom. The third-order valence-electron chi connectivity index (χ3n) is 12.5. The van der Waals surface area contributed by atoms with E-state index < -0.39 is 5.97 Å². The van der Waals surface area contributed by atoms with Crippen molar-refractivity contribution in [3.8, 4) is 17.1 Å². The SMILES string of the molecule is CCN(CC)CCn1[nH]nnc1=S.CCn1[nH]nnc1=S.Cc1n[nH]c(=S)n1-c1ccccc1.Nc1n[nH]c(=S)o1.O=C(O)c1ccc(-n2[nH]nnc2=S)cc1.S=c1[nH]c2ccccc2o1.S=c1[nH]nc(N(c2ccccc2)c2ccccc2)o1.S=c1nn[nH]n1-c1ccccc1. The van der Waals surface area contributed by atoms with Crippen LogP contribution in [0.15, 0.2) is 183 Å². The van der Waals surface area contributed by atoms with Crippen LogP contribution in [0.4, 0.5) is 23.4 Å². The highest BCUT2D eigenvalue weighted by Crippen LogP contribution is 2.32. The van der Waals surface area contributed by atoms with Gasteiger partial charge in [-0.25, -0.2) is 33.7 Å². The lowest BCUT2D eigenvalue weighted by molar-refractivity contribution is 0.0696. The predicted octanol–water partition coefficient (Wildman–Crippen LogP) is 12.6. The summed E-state index contributed by atoms with van der Waals surface area (Å²) in [5.41, 5.74) is 11.6. The van der Waals surface area contributed by atoms with Crippen LogP contribution < -0.4 is 10.6 Å². The second-order valence-corrected chi connectivity index (χ2v) is 21.7. The number of hydrogen-bond acceptors (Lipinski definition) is 26. The van der Waals surface area contributed by atoms with Crippen molar-refractivity contribution >= 4 is 138 Å². The number of aromatic amines is 8. The molecule has 0 aliphatic rings. The molecule has 0 amide bonds. The third kappa shape index (κ3) is 23.0. The van der Waals surface area contributed by atoms with Crippen molar-refractivity contribution in [3.05, 3.63) is 220 Å². The Bertz CT molecular complexity index is 5020. The normalized spacial score (nSPS) is 10.2. The van der Waals surface area contributed by atoms with Crippen LogP contribution in [0.2, 0.25) is 0 Å². The molecule has 0 spiro atoms. The number of anilines is 4. The Kier molecular flexibility index (Phi) is 29.3. The van der Waals surface area contributed by atoms with Crippen LogP contribution in [0.5, 0.6) is 0 Å². The summed E-state index contributed by atoms with van der Waals surface area (Å²) >= 11 is 38.8. The highest BCUT2D eigenvalue weighted by atomic mass is 32.1. The quantitative estimate of drug-likeness (QED) is 0.0479. The van der Waals surface area contributed by atoms with E-state index >= 15 is 0 Å². The Morgan fingerprint density at radius 2 is 0.990 bits per heavy atom. The van der Waals surface area contributed by atoms with E-state index in [0.717, 1.165) is 72.4 Å². The van der Waals surface area contributed by atoms with Crippen molar-refractivity contribution in [1.82, 2.24) is 126 Å². The summed E-state index contributed by atoms with van der Waals surface area (Å²) < 4.78 is 25.9. The van der Waals surface area contributed by atoms with Gasteiger partial charge in [0.25, 0.3) is 14.5 Å². The van der Waals surface area contributed by atoms with E-state index in [9.17, 15) is 4.79 Å². The van der Waals surface area contributed by atoms with Crippen LogP contribution in [0.3, 0.4) is 0 Å². The fourth-order valence-corrected chi connectivity index (χ4v) is 9.35. The molecular formula is C57H61N27O5S8. The number of aromatic nitrogens is 24. The number of likely N-dealkylation sites (N-methyl/N-ethyl adjacent to an activating group) is 1. The van der Waals surface area contributed by atoms with Gasteiger partial charge in [-0.05, 0) is 210 Å². The molecule has 0 saturated heterocycles. The molecule has 6 aromatic carbocycles. The van der Waals surface area contributed by atoms with Crippen LogP contribution >= 0.6 is 97.7 Å². The summed E-state index contributed by atoms with van der Waals surface area (Å²) in [6.45, 7) is 12.9. The highest BCUT2D eigenvalue weighted by Gasteiger charge is 2.16. The van der Waals surface area contributed by atoms with Crippen LogP contribution in [0, 0.1) is 45.3 Å². The number of carboxylic acid groups (broad SMARTS) is 1. The van der Waals surface area contributed by atoms with E-state index in [1.54, 1.807) is 26.2 Å². The van der Waals surface area contributed by atoms with E-state index in [-0.39, 0.29) is 26.0 Å². The Balaban J connectivity index is 0.000000159. The van der Waals surface area contributed by atoms with Gasteiger partial charge in [0.1, 0.15) is 5.82 Å². The third-order valence-corrected chi connectivity index (χ3v) is 14.5. The molecule has 0 fully saturated rings.